The van der Waals surface area contributed by atoms with Crippen molar-refractivity contribution in [3.8, 4) is 5.69 Å². The molecule has 0 bridgehead atoms. The fourth-order valence-corrected chi connectivity index (χ4v) is 3.96. The number of carbonyl (C=O) groups excluding carboxylic acids is 2. The zero-order valence-electron chi connectivity index (χ0n) is 16.3. The summed E-state index contributed by atoms with van der Waals surface area (Å²) in [6.07, 6.45) is 4.85. The fraction of sp³-hybridized carbons (Fsp3) is 0.227. The summed E-state index contributed by atoms with van der Waals surface area (Å²) in [4.78, 5) is 26.6. The van der Waals surface area contributed by atoms with Crippen LogP contribution in [0.3, 0.4) is 0 Å². The van der Waals surface area contributed by atoms with E-state index in [-0.39, 0.29) is 17.9 Å². The minimum Gasteiger partial charge on any atom is -0.368 e. The Morgan fingerprint density at radius 1 is 1.17 bits per heavy atom. The van der Waals surface area contributed by atoms with Gasteiger partial charge in [-0.25, -0.2) is 4.68 Å². The van der Waals surface area contributed by atoms with Gasteiger partial charge in [0.25, 0.3) is 5.91 Å². The van der Waals surface area contributed by atoms with Crippen LogP contribution < -0.4 is 11.1 Å². The monoisotopic (exact) mass is 423 g/mol. The molecule has 1 saturated heterocycles. The van der Waals surface area contributed by atoms with Crippen LogP contribution in [0.5, 0.6) is 0 Å². The second kappa shape index (κ2) is 8.69. The molecular weight excluding hydrogens is 402 g/mol. The van der Waals surface area contributed by atoms with Crippen LogP contribution >= 0.6 is 11.6 Å². The molecule has 0 spiro atoms. The van der Waals surface area contributed by atoms with Gasteiger partial charge in [0.15, 0.2) is 0 Å². The molecular formula is C22H22ClN5O2. The Morgan fingerprint density at radius 2 is 1.93 bits per heavy atom. The summed E-state index contributed by atoms with van der Waals surface area (Å²) in [5.41, 5.74) is 8.27. The topological polar surface area (TPSA) is 93.2 Å². The van der Waals surface area contributed by atoms with E-state index in [0.29, 0.717) is 28.5 Å². The highest BCUT2D eigenvalue weighted by Gasteiger charge is 2.29. The molecule has 0 aliphatic carbocycles. The van der Waals surface area contributed by atoms with Gasteiger partial charge in [-0.3, -0.25) is 14.5 Å². The van der Waals surface area contributed by atoms with Gasteiger partial charge in [0.05, 0.1) is 28.5 Å². The summed E-state index contributed by atoms with van der Waals surface area (Å²) >= 11 is 6.21. The summed E-state index contributed by atoms with van der Waals surface area (Å²) in [7, 11) is 0. The number of benzene rings is 2. The highest BCUT2D eigenvalue weighted by atomic mass is 35.5. The van der Waals surface area contributed by atoms with Crippen molar-refractivity contribution in [3.05, 3.63) is 77.1 Å². The van der Waals surface area contributed by atoms with Crippen LogP contribution in [-0.4, -0.2) is 39.1 Å². The molecule has 0 radical (unpaired) electrons. The largest absolute Gasteiger partial charge is 0.368 e. The number of anilines is 1. The van der Waals surface area contributed by atoms with E-state index in [4.69, 9.17) is 17.3 Å². The first-order valence-corrected chi connectivity index (χ1v) is 10.1. The Kier molecular flexibility index (Phi) is 5.83. The number of aromatic nitrogens is 2. The van der Waals surface area contributed by atoms with Crippen molar-refractivity contribution in [2.75, 3.05) is 11.9 Å². The third-order valence-electron chi connectivity index (χ3n) is 5.28. The zero-order chi connectivity index (χ0) is 21.1. The highest BCUT2D eigenvalue weighted by molar-refractivity contribution is 6.32. The highest BCUT2D eigenvalue weighted by Crippen LogP contribution is 2.24. The Morgan fingerprint density at radius 3 is 2.73 bits per heavy atom. The quantitative estimate of drug-likeness (QED) is 0.636. The third-order valence-corrected chi connectivity index (χ3v) is 5.59. The molecule has 7 nitrogen and oxygen atoms in total. The predicted octanol–water partition coefficient (Wildman–Crippen LogP) is 3.23. The molecule has 30 heavy (non-hydrogen) atoms. The SMILES string of the molecule is NC(=O)C1CCCN1Cc1ccccc1NC(=O)c1cnn(-c2ccccc2Cl)c1. The van der Waals surface area contributed by atoms with Gasteiger partial charge in [-0.2, -0.15) is 5.10 Å². The zero-order valence-corrected chi connectivity index (χ0v) is 17.0. The molecule has 1 aromatic heterocycles. The van der Waals surface area contributed by atoms with Gasteiger partial charge in [0.1, 0.15) is 0 Å². The lowest BCUT2D eigenvalue weighted by atomic mass is 10.1. The molecule has 2 aromatic carbocycles. The van der Waals surface area contributed by atoms with Crippen molar-refractivity contribution in [1.82, 2.24) is 14.7 Å². The number of nitrogens with zero attached hydrogens (tertiary/aromatic N) is 3. The molecule has 1 aliphatic rings. The van der Waals surface area contributed by atoms with Gasteiger partial charge in [-0.1, -0.05) is 41.9 Å². The van der Waals surface area contributed by atoms with E-state index in [0.717, 1.165) is 24.9 Å². The Balaban J connectivity index is 1.51. The first-order chi connectivity index (χ1) is 14.5. The summed E-state index contributed by atoms with van der Waals surface area (Å²) < 4.78 is 1.57. The molecule has 154 valence electrons. The average Bonchev–Trinajstić information content (AvgIpc) is 3.39. The van der Waals surface area contributed by atoms with Gasteiger partial charge in [0.2, 0.25) is 5.91 Å². The lowest BCUT2D eigenvalue weighted by molar-refractivity contribution is -0.122. The first-order valence-electron chi connectivity index (χ1n) is 9.75. The fourth-order valence-electron chi connectivity index (χ4n) is 3.74. The molecule has 3 N–H and O–H groups in total. The van der Waals surface area contributed by atoms with E-state index in [2.05, 4.69) is 15.3 Å². The van der Waals surface area contributed by atoms with Crippen molar-refractivity contribution in [3.63, 3.8) is 0 Å². The van der Waals surface area contributed by atoms with Crippen molar-refractivity contribution >= 4 is 29.1 Å². The van der Waals surface area contributed by atoms with Crippen molar-refractivity contribution < 1.29 is 9.59 Å². The van der Waals surface area contributed by atoms with Gasteiger partial charge < -0.3 is 11.1 Å². The molecule has 1 aliphatic heterocycles. The third kappa shape index (κ3) is 4.22. The number of rotatable bonds is 6. The summed E-state index contributed by atoms with van der Waals surface area (Å²) in [6, 6.07) is 14.6. The van der Waals surface area contributed by atoms with E-state index in [9.17, 15) is 9.59 Å². The minimum absolute atomic E-state index is 0.261. The van der Waals surface area contributed by atoms with Crippen LogP contribution in [0.15, 0.2) is 60.9 Å². The van der Waals surface area contributed by atoms with Crippen LogP contribution in [0, 0.1) is 0 Å². The maximum Gasteiger partial charge on any atom is 0.258 e. The lowest BCUT2D eigenvalue weighted by Crippen LogP contribution is -2.39. The Labute approximate surface area is 179 Å². The molecule has 4 rings (SSSR count). The number of halogens is 1. The van der Waals surface area contributed by atoms with E-state index < -0.39 is 0 Å². The molecule has 0 saturated carbocycles. The number of nitrogens with two attached hydrogens (primary N) is 1. The maximum absolute atomic E-state index is 12.8. The van der Waals surface area contributed by atoms with Crippen molar-refractivity contribution in [1.29, 1.82) is 0 Å². The van der Waals surface area contributed by atoms with E-state index in [1.807, 2.05) is 42.5 Å². The van der Waals surface area contributed by atoms with Gasteiger partial charge in [-0.15, -0.1) is 0 Å². The lowest BCUT2D eigenvalue weighted by Gasteiger charge is -2.23. The van der Waals surface area contributed by atoms with Crippen LogP contribution in [0.25, 0.3) is 5.69 Å². The smallest absolute Gasteiger partial charge is 0.258 e. The second-order valence-electron chi connectivity index (χ2n) is 7.27. The normalized spacial score (nSPS) is 16.5. The van der Waals surface area contributed by atoms with Gasteiger partial charge in [-0.05, 0) is 43.1 Å². The van der Waals surface area contributed by atoms with E-state index in [1.54, 1.807) is 16.9 Å². The molecule has 8 heteroatoms. The van der Waals surface area contributed by atoms with Crippen LogP contribution in [0.2, 0.25) is 5.02 Å². The summed E-state index contributed by atoms with van der Waals surface area (Å²) in [6.45, 7) is 1.35. The molecule has 1 unspecified atom stereocenters. The van der Waals surface area contributed by atoms with E-state index in [1.165, 1.54) is 6.20 Å². The summed E-state index contributed by atoms with van der Waals surface area (Å²) in [5, 5.41) is 7.76. The minimum atomic E-state index is -0.305. The number of para-hydroxylation sites is 2. The van der Waals surface area contributed by atoms with Crippen LogP contribution in [-0.2, 0) is 11.3 Å². The Bertz CT molecular complexity index is 1080. The molecule has 2 amide bonds. The number of hydrogen-bond acceptors (Lipinski definition) is 4. The van der Waals surface area contributed by atoms with Gasteiger partial charge >= 0.3 is 0 Å². The number of carbonyl (C=O) groups is 2. The predicted molar refractivity (Wildman–Crippen MR) is 116 cm³/mol. The first kappa shape index (κ1) is 20.1. The van der Waals surface area contributed by atoms with Crippen LogP contribution in [0.4, 0.5) is 5.69 Å². The number of primary amides is 1. The number of likely N-dealkylation sites (tertiary alicyclic amines) is 1. The van der Waals surface area contributed by atoms with Crippen LogP contribution in [0.1, 0.15) is 28.8 Å². The van der Waals surface area contributed by atoms with E-state index >= 15 is 0 Å². The Hall–Kier alpha value is -3.16. The maximum atomic E-state index is 12.8. The molecule has 1 atom stereocenters. The second-order valence-corrected chi connectivity index (χ2v) is 7.67. The van der Waals surface area contributed by atoms with Crippen molar-refractivity contribution in [2.24, 2.45) is 5.73 Å². The van der Waals surface area contributed by atoms with Gasteiger partial charge in [0, 0.05) is 18.4 Å². The molecule has 2 heterocycles. The number of amides is 2. The van der Waals surface area contributed by atoms with Crippen molar-refractivity contribution in [2.45, 2.75) is 25.4 Å². The number of nitrogens with one attached hydrogen (secondary N) is 1. The summed E-state index contributed by atoms with van der Waals surface area (Å²) in [5.74, 6) is -0.574. The standard InChI is InChI=1S/C22H22ClN5O2/c23-17-7-2-4-9-19(17)28-14-16(12-25-28)22(30)26-18-8-3-1-6-15(18)13-27-11-5-10-20(27)21(24)29/h1-4,6-9,12,14,20H,5,10-11,13H2,(H2,24,29)(H,26,30). The number of hydrogen-bond donors (Lipinski definition) is 2. The average molecular weight is 424 g/mol. The molecule has 3 aromatic rings. The molecule has 1 fully saturated rings.